The van der Waals surface area contributed by atoms with Gasteiger partial charge in [0.1, 0.15) is 5.82 Å². The number of rotatable bonds is 5. The lowest BCUT2D eigenvalue weighted by Crippen LogP contribution is -2.41. The van der Waals surface area contributed by atoms with E-state index in [9.17, 15) is 18.3 Å². The summed E-state index contributed by atoms with van der Waals surface area (Å²) >= 11 is 0. The first-order valence-corrected chi connectivity index (χ1v) is 6.78. The number of hydrogen-bond donors (Lipinski definition) is 1. The van der Waals surface area contributed by atoms with Gasteiger partial charge in [0.05, 0.1) is 25.4 Å². The Morgan fingerprint density at radius 3 is 2.62 bits per heavy atom. The molecular formula is C12H19F3N4O2. The maximum atomic E-state index is 12.7. The van der Waals surface area contributed by atoms with Gasteiger partial charge in [-0.25, -0.2) is 0 Å². The smallest absolute Gasteiger partial charge is 0.389 e. The third kappa shape index (κ3) is 4.14. The van der Waals surface area contributed by atoms with E-state index in [1.807, 2.05) is 18.7 Å². The molecule has 21 heavy (non-hydrogen) atoms. The van der Waals surface area contributed by atoms with E-state index in [0.717, 1.165) is 4.57 Å². The number of halogens is 3. The van der Waals surface area contributed by atoms with E-state index >= 15 is 0 Å². The van der Waals surface area contributed by atoms with Crippen LogP contribution >= 0.6 is 0 Å². The molecule has 0 saturated carbocycles. The van der Waals surface area contributed by atoms with Gasteiger partial charge in [-0.1, -0.05) is 0 Å². The van der Waals surface area contributed by atoms with Gasteiger partial charge < -0.3 is 14.4 Å². The van der Waals surface area contributed by atoms with Crippen LogP contribution in [-0.2, 0) is 24.0 Å². The summed E-state index contributed by atoms with van der Waals surface area (Å²) in [6, 6.07) is 0. The Kier molecular flexibility index (Phi) is 4.84. The molecule has 1 aliphatic heterocycles. The minimum absolute atomic E-state index is 0.0263. The topological polar surface area (TPSA) is 63.4 Å². The van der Waals surface area contributed by atoms with Crippen LogP contribution < -0.4 is 0 Å². The number of aliphatic hydroxyl groups is 1. The molecule has 0 saturated heterocycles. The predicted molar refractivity (Wildman–Crippen MR) is 67.4 cm³/mol. The number of fused-ring (bicyclic) bond motifs is 1. The molecule has 1 unspecified atom stereocenters. The molecule has 0 radical (unpaired) electrons. The van der Waals surface area contributed by atoms with Crippen molar-refractivity contribution in [2.24, 2.45) is 0 Å². The molecule has 0 aliphatic carbocycles. The van der Waals surface area contributed by atoms with Gasteiger partial charge in [-0.2, -0.15) is 13.2 Å². The number of hydrogen-bond acceptors (Lipinski definition) is 5. The molecule has 1 aromatic heterocycles. The summed E-state index contributed by atoms with van der Waals surface area (Å²) in [7, 11) is 0. The average molecular weight is 308 g/mol. The SMILES string of the molecule is CC(C)OCC(O)CN1CCn2c(nnc2C(F)(F)F)C1. The van der Waals surface area contributed by atoms with Gasteiger partial charge in [-0.3, -0.25) is 4.90 Å². The van der Waals surface area contributed by atoms with Crippen molar-refractivity contribution in [3.63, 3.8) is 0 Å². The van der Waals surface area contributed by atoms with Crippen molar-refractivity contribution in [1.82, 2.24) is 19.7 Å². The summed E-state index contributed by atoms with van der Waals surface area (Å²) in [4.78, 5) is 1.85. The van der Waals surface area contributed by atoms with Crippen LogP contribution in [0.15, 0.2) is 0 Å². The largest absolute Gasteiger partial charge is 0.451 e. The minimum atomic E-state index is -4.49. The van der Waals surface area contributed by atoms with Gasteiger partial charge in [0.15, 0.2) is 0 Å². The molecular weight excluding hydrogens is 289 g/mol. The maximum Gasteiger partial charge on any atom is 0.451 e. The Morgan fingerprint density at radius 2 is 2.00 bits per heavy atom. The number of β-amino-alcohol motifs (C(OH)–C–C–N with tert-alkyl or cyclic N) is 1. The third-order valence-electron chi connectivity index (χ3n) is 3.18. The molecule has 1 atom stereocenters. The number of aromatic nitrogens is 3. The Hall–Kier alpha value is -1.19. The highest BCUT2D eigenvalue weighted by molar-refractivity contribution is 5.02. The molecule has 0 aromatic carbocycles. The van der Waals surface area contributed by atoms with E-state index in [2.05, 4.69) is 10.2 Å². The van der Waals surface area contributed by atoms with Crippen LogP contribution in [0.3, 0.4) is 0 Å². The molecule has 0 bridgehead atoms. The number of nitrogens with zero attached hydrogens (tertiary/aromatic N) is 4. The normalized spacial score (nSPS) is 18.0. The fourth-order valence-electron chi connectivity index (χ4n) is 2.23. The average Bonchev–Trinajstić information content (AvgIpc) is 2.79. The van der Waals surface area contributed by atoms with E-state index in [-0.39, 0.29) is 31.6 Å². The van der Waals surface area contributed by atoms with Crippen LogP contribution in [0.25, 0.3) is 0 Å². The zero-order valence-corrected chi connectivity index (χ0v) is 12.0. The standard InChI is InChI=1S/C12H19F3N4O2/c1-8(2)21-7-9(20)5-18-3-4-19-10(6-18)16-17-11(19)12(13,14)15/h8-9,20H,3-7H2,1-2H3. The first kappa shape index (κ1) is 16.2. The van der Waals surface area contributed by atoms with Gasteiger partial charge in [0.2, 0.25) is 5.82 Å². The van der Waals surface area contributed by atoms with Crippen LogP contribution in [0.4, 0.5) is 13.2 Å². The van der Waals surface area contributed by atoms with Crippen molar-refractivity contribution in [3.8, 4) is 0 Å². The summed E-state index contributed by atoms with van der Waals surface area (Å²) in [5.74, 6) is -0.689. The van der Waals surface area contributed by atoms with Crippen molar-refractivity contribution in [2.75, 3.05) is 19.7 Å². The summed E-state index contributed by atoms with van der Waals surface area (Å²) in [6.45, 7) is 5.09. The van der Waals surface area contributed by atoms with Gasteiger partial charge in [-0.05, 0) is 13.8 Å². The molecule has 0 spiro atoms. The Bertz CT molecular complexity index is 476. The van der Waals surface area contributed by atoms with Crippen LogP contribution in [-0.4, -0.2) is 56.7 Å². The van der Waals surface area contributed by atoms with E-state index in [4.69, 9.17) is 4.74 Å². The first-order valence-electron chi connectivity index (χ1n) is 6.78. The highest BCUT2D eigenvalue weighted by atomic mass is 19.4. The zero-order valence-electron chi connectivity index (χ0n) is 12.0. The molecule has 0 fully saturated rings. The second-order valence-electron chi connectivity index (χ2n) is 5.36. The Labute approximate surface area is 120 Å². The third-order valence-corrected chi connectivity index (χ3v) is 3.18. The quantitative estimate of drug-likeness (QED) is 0.875. The van der Waals surface area contributed by atoms with Gasteiger partial charge in [0.25, 0.3) is 0 Å². The molecule has 2 heterocycles. The summed E-state index contributed by atoms with van der Waals surface area (Å²) in [5, 5.41) is 16.7. The molecule has 1 aliphatic rings. The Morgan fingerprint density at radius 1 is 1.29 bits per heavy atom. The van der Waals surface area contributed by atoms with Crippen LogP contribution in [0.5, 0.6) is 0 Å². The van der Waals surface area contributed by atoms with E-state index in [0.29, 0.717) is 13.1 Å². The lowest BCUT2D eigenvalue weighted by molar-refractivity contribution is -0.148. The molecule has 1 aromatic rings. The second kappa shape index (κ2) is 6.29. The maximum absolute atomic E-state index is 12.7. The van der Waals surface area contributed by atoms with Crippen LogP contribution in [0.2, 0.25) is 0 Å². The summed E-state index contributed by atoms with van der Waals surface area (Å²) in [5.41, 5.74) is 0. The van der Waals surface area contributed by atoms with E-state index in [1.54, 1.807) is 0 Å². The number of ether oxygens (including phenoxy) is 1. The first-order chi connectivity index (χ1) is 9.77. The number of aliphatic hydroxyl groups excluding tert-OH is 1. The molecule has 0 amide bonds. The fourth-order valence-corrected chi connectivity index (χ4v) is 2.23. The molecule has 120 valence electrons. The van der Waals surface area contributed by atoms with Crippen molar-refractivity contribution in [1.29, 1.82) is 0 Å². The highest BCUT2D eigenvalue weighted by Crippen LogP contribution is 2.29. The fraction of sp³-hybridized carbons (Fsp3) is 0.833. The minimum Gasteiger partial charge on any atom is -0.389 e. The lowest BCUT2D eigenvalue weighted by Gasteiger charge is -2.29. The zero-order chi connectivity index (χ0) is 15.6. The molecule has 1 N–H and O–H groups in total. The van der Waals surface area contributed by atoms with Crippen LogP contribution in [0.1, 0.15) is 25.5 Å². The Balaban J connectivity index is 1.93. The van der Waals surface area contributed by atoms with Crippen molar-refractivity contribution in [3.05, 3.63) is 11.6 Å². The predicted octanol–water partition coefficient (Wildman–Crippen LogP) is 0.898. The number of alkyl halides is 3. The second-order valence-corrected chi connectivity index (χ2v) is 5.36. The van der Waals surface area contributed by atoms with Crippen molar-refractivity contribution < 1.29 is 23.0 Å². The van der Waals surface area contributed by atoms with E-state index in [1.165, 1.54) is 0 Å². The van der Waals surface area contributed by atoms with Crippen LogP contribution in [0, 0.1) is 0 Å². The lowest BCUT2D eigenvalue weighted by atomic mass is 10.3. The molecule has 9 heteroatoms. The van der Waals surface area contributed by atoms with Crippen molar-refractivity contribution in [2.45, 2.75) is 45.3 Å². The summed E-state index contributed by atoms with van der Waals surface area (Å²) in [6.07, 6.45) is -5.14. The van der Waals surface area contributed by atoms with Gasteiger partial charge >= 0.3 is 6.18 Å². The summed E-state index contributed by atoms with van der Waals surface area (Å²) < 4.78 is 44.5. The molecule has 6 nitrogen and oxygen atoms in total. The highest BCUT2D eigenvalue weighted by Gasteiger charge is 2.39. The van der Waals surface area contributed by atoms with E-state index < -0.39 is 18.1 Å². The monoisotopic (exact) mass is 308 g/mol. The van der Waals surface area contributed by atoms with Gasteiger partial charge in [-0.15, -0.1) is 10.2 Å². The van der Waals surface area contributed by atoms with Crippen molar-refractivity contribution >= 4 is 0 Å². The van der Waals surface area contributed by atoms with Gasteiger partial charge in [0, 0.05) is 19.6 Å². The molecule has 2 rings (SSSR count).